The molecular weight excluding hydrogens is 807 g/mol. The van der Waals surface area contributed by atoms with Crippen LogP contribution < -0.4 is 10.6 Å². The molecule has 0 bridgehead atoms. The predicted molar refractivity (Wildman–Crippen MR) is 245 cm³/mol. The number of likely N-dealkylation sites (N-methyl/N-ethyl adjacent to an activating group) is 3. The third kappa shape index (κ3) is 17.7. The van der Waals surface area contributed by atoms with E-state index >= 15 is 0 Å². The summed E-state index contributed by atoms with van der Waals surface area (Å²) in [5.74, 6) is -4.51. The Morgan fingerprint density at radius 3 is 1.84 bits per heavy atom. The lowest BCUT2D eigenvalue weighted by Gasteiger charge is -2.37. The molecule has 63 heavy (non-hydrogen) atoms. The van der Waals surface area contributed by atoms with Crippen molar-refractivity contribution in [3.8, 4) is 0 Å². The minimum Gasteiger partial charge on any atom is -0.393 e. The minimum atomic E-state index is -1.19. The second kappa shape index (κ2) is 28.0. The second-order valence-corrected chi connectivity index (χ2v) is 17.8. The Bertz CT molecular complexity index is 1610. The first kappa shape index (κ1) is 56.2. The summed E-state index contributed by atoms with van der Waals surface area (Å²) in [5, 5.41) is 15.7. The summed E-state index contributed by atoms with van der Waals surface area (Å²) in [6.45, 7) is 22.8. The van der Waals surface area contributed by atoms with E-state index in [4.69, 9.17) is 0 Å². The van der Waals surface area contributed by atoms with Crippen LogP contribution in [0.15, 0.2) is 37.0 Å². The molecular formula is C47H79N7O9. The normalized spacial score (nSPS) is 16.3. The average molecular weight is 886 g/mol. The molecule has 0 radical (unpaired) electrons. The molecule has 7 atom stereocenters. The SMILES string of the molecule is C=C/C=C(\C=C)CC(C(=O)N(C)[C@@H](C)C(=O)N[C@@H](CC=O)C(=O)N1CCCCC1)N(C)C(=O)C(CC(C)C)NC(=O)C(CC(C)C)N(C)C(=O)CN(CCCC)C(=O)C(C)C(C)O. The molecule has 0 aliphatic carbocycles. The highest BCUT2D eigenvalue weighted by atomic mass is 16.3. The van der Waals surface area contributed by atoms with Crippen molar-refractivity contribution >= 4 is 47.6 Å². The molecule has 0 saturated carbocycles. The molecule has 0 aromatic heterocycles. The van der Waals surface area contributed by atoms with Crippen molar-refractivity contribution in [2.75, 3.05) is 47.3 Å². The molecule has 1 saturated heterocycles. The van der Waals surface area contributed by atoms with Gasteiger partial charge in [0.1, 0.15) is 36.5 Å². The van der Waals surface area contributed by atoms with Crippen LogP contribution in [-0.4, -0.2) is 161 Å². The first-order valence-electron chi connectivity index (χ1n) is 22.6. The van der Waals surface area contributed by atoms with Gasteiger partial charge in [-0.05, 0) is 69.8 Å². The Morgan fingerprint density at radius 1 is 0.746 bits per heavy atom. The summed E-state index contributed by atoms with van der Waals surface area (Å²) in [7, 11) is 4.37. The smallest absolute Gasteiger partial charge is 0.246 e. The van der Waals surface area contributed by atoms with Crippen molar-refractivity contribution in [2.45, 2.75) is 149 Å². The van der Waals surface area contributed by atoms with E-state index in [2.05, 4.69) is 23.8 Å². The number of nitrogens with one attached hydrogen (secondary N) is 2. The number of nitrogens with zero attached hydrogens (tertiary/aromatic N) is 5. The lowest BCUT2D eigenvalue weighted by Crippen LogP contribution is -2.60. The summed E-state index contributed by atoms with van der Waals surface area (Å²) in [6.07, 6.45) is 8.59. The van der Waals surface area contributed by atoms with Crippen LogP contribution >= 0.6 is 0 Å². The average Bonchev–Trinajstić information content (AvgIpc) is 3.25. The number of allylic oxidation sites excluding steroid dienone is 3. The van der Waals surface area contributed by atoms with Gasteiger partial charge >= 0.3 is 0 Å². The first-order valence-corrected chi connectivity index (χ1v) is 22.6. The Hall–Kier alpha value is -4.86. The Morgan fingerprint density at radius 2 is 1.33 bits per heavy atom. The fourth-order valence-electron chi connectivity index (χ4n) is 7.34. The zero-order valence-corrected chi connectivity index (χ0v) is 40.1. The first-order chi connectivity index (χ1) is 29.6. The zero-order chi connectivity index (χ0) is 48.1. The Kier molecular flexibility index (Phi) is 25.0. The summed E-state index contributed by atoms with van der Waals surface area (Å²) in [5.41, 5.74) is 0.572. The summed E-state index contributed by atoms with van der Waals surface area (Å²) < 4.78 is 0. The molecule has 1 rings (SSSR count). The van der Waals surface area contributed by atoms with Crippen molar-refractivity contribution in [1.82, 2.24) is 35.1 Å². The molecule has 3 N–H and O–H groups in total. The van der Waals surface area contributed by atoms with Gasteiger partial charge in [-0.15, -0.1) is 0 Å². The number of carbonyl (C=O) groups is 8. The molecule has 356 valence electrons. The van der Waals surface area contributed by atoms with E-state index < -0.39 is 71.8 Å². The highest BCUT2D eigenvalue weighted by Gasteiger charge is 2.39. The van der Waals surface area contributed by atoms with E-state index in [-0.39, 0.29) is 55.9 Å². The maximum Gasteiger partial charge on any atom is 0.246 e. The summed E-state index contributed by atoms with van der Waals surface area (Å²) in [4.78, 5) is 116. The largest absolute Gasteiger partial charge is 0.393 e. The van der Waals surface area contributed by atoms with Crippen molar-refractivity contribution in [2.24, 2.45) is 17.8 Å². The number of rotatable bonds is 27. The van der Waals surface area contributed by atoms with Crippen molar-refractivity contribution < 1.29 is 43.5 Å². The number of unbranched alkanes of at least 4 members (excludes halogenated alkanes) is 1. The molecule has 0 spiro atoms. The number of likely N-dealkylation sites (tertiary alicyclic amines) is 1. The molecule has 7 amide bonds. The van der Waals surface area contributed by atoms with Crippen LogP contribution in [0.1, 0.15) is 113 Å². The maximum absolute atomic E-state index is 14.6. The standard InChI is InChI=1S/C47H79N7O9/c1-14-17-23-54(44(60)33(8)35(10)56)30-41(57)51(12)39(28-32(6)7)43(59)49-38(27-31(4)5)45(61)52(13)40(29-36(16-3)21-15-2)47(63)50(11)34(9)42(58)48-37(22-26-55)46(62)53-24-19-18-20-25-53/h15-16,21,26,31-35,37-40,56H,2-3,14,17-20,22-25,27-30H2,1,4-13H3,(H,48,58)(H,49,59)/b36-21+/t33?,34-,35?,37-,38?,39?,40?/m0/s1. The number of aliphatic hydroxyl groups excluding tert-OH is 1. The number of hydrogen-bond acceptors (Lipinski definition) is 9. The van der Waals surface area contributed by atoms with Crippen LogP contribution in [0.25, 0.3) is 0 Å². The molecule has 1 heterocycles. The fourth-order valence-corrected chi connectivity index (χ4v) is 7.34. The van der Waals surface area contributed by atoms with E-state index in [9.17, 15) is 43.5 Å². The van der Waals surface area contributed by atoms with Crippen LogP contribution in [0.5, 0.6) is 0 Å². The monoisotopic (exact) mass is 886 g/mol. The Balaban J connectivity index is 3.52. The van der Waals surface area contributed by atoms with Crippen LogP contribution in [-0.2, 0) is 38.4 Å². The van der Waals surface area contributed by atoms with Crippen LogP contribution in [0.3, 0.4) is 0 Å². The summed E-state index contributed by atoms with van der Waals surface area (Å²) >= 11 is 0. The van der Waals surface area contributed by atoms with Gasteiger partial charge in [0.25, 0.3) is 0 Å². The lowest BCUT2D eigenvalue weighted by atomic mass is 9.97. The molecule has 16 nitrogen and oxygen atoms in total. The van der Waals surface area contributed by atoms with Crippen LogP contribution in [0.4, 0.5) is 0 Å². The molecule has 1 fully saturated rings. The molecule has 1 aliphatic rings. The van der Waals surface area contributed by atoms with Gasteiger partial charge in [-0.3, -0.25) is 33.6 Å². The van der Waals surface area contributed by atoms with E-state index in [0.29, 0.717) is 37.9 Å². The zero-order valence-electron chi connectivity index (χ0n) is 40.1. The van der Waals surface area contributed by atoms with E-state index in [1.54, 1.807) is 17.9 Å². The highest BCUT2D eigenvalue weighted by Crippen LogP contribution is 2.21. The Labute approximate surface area is 376 Å². The molecule has 0 aromatic rings. The third-order valence-electron chi connectivity index (χ3n) is 11.8. The van der Waals surface area contributed by atoms with Crippen LogP contribution in [0, 0.1) is 17.8 Å². The molecule has 1 aliphatic heterocycles. The summed E-state index contributed by atoms with van der Waals surface area (Å²) in [6, 6.07) is -5.56. The van der Waals surface area contributed by atoms with E-state index in [0.717, 1.165) is 25.7 Å². The van der Waals surface area contributed by atoms with Crippen molar-refractivity contribution in [3.05, 3.63) is 37.0 Å². The van der Waals surface area contributed by atoms with E-state index in [1.807, 2.05) is 34.6 Å². The molecule has 0 aromatic carbocycles. The number of aldehydes is 1. The predicted octanol–water partition coefficient (Wildman–Crippen LogP) is 3.48. The number of hydrogen-bond donors (Lipinski definition) is 3. The quantitative estimate of drug-likeness (QED) is 0.0818. The number of aliphatic hydroxyl groups is 1. The number of amides is 7. The maximum atomic E-state index is 14.6. The van der Waals surface area contributed by atoms with Gasteiger partial charge in [-0.2, -0.15) is 0 Å². The van der Waals surface area contributed by atoms with Gasteiger partial charge in [-0.1, -0.05) is 79.3 Å². The fraction of sp³-hybridized carbons (Fsp3) is 0.702. The third-order valence-corrected chi connectivity index (χ3v) is 11.8. The van der Waals surface area contributed by atoms with Gasteiger partial charge in [0.05, 0.1) is 18.6 Å². The van der Waals surface area contributed by atoms with Crippen molar-refractivity contribution in [1.29, 1.82) is 0 Å². The molecule has 5 unspecified atom stereocenters. The second-order valence-electron chi connectivity index (χ2n) is 17.8. The number of piperidine rings is 1. The topological polar surface area (TPSA) is 197 Å². The van der Waals surface area contributed by atoms with Gasteiger partial charge in [-0.25, -0.2) is 0 Å². The molecule has 16 heteroatoms. The van der Waals surface area contributed by atoms with Gasteiger partial charge in [0.15, 0.2) is 0 Å². The highest BCUT2D eigenvalue weighted by molar-refractivity contribution is 5.97. The van der Waals surface area contributed by atoms with Gasteiger partial charge in [0, 0.05) is 53.6 Å². The van der Waals surface area contributed by atoms with Crippen LogP contribution in [0.2, 0.25) is 0 Å². The van der Waals surface area contributed by atoms with Gasteiger partial charge in [0.2, 0.25) is 41.4 Å². The van der Waals surface area contributed by atoms with Gasteiger partial charge < -0.3 is 45.0 Å². The lowest BCUT2D eigenvalue weighted by molar-refractivity contribution is -0.150. The van der Waals surface area contributed by atoms with Crippen molar-refractivity contribution in [3.63, 3.8) is 0 Å². The number of carbonyl (C=O) groups excluding carboxylic acids is 8. The van der Waals surface area contributed by atoms with E-state index in [1.165, 1.54) is 66.7 Å². The minimum absolute atomic E-state index is 0.0209.